The van der Waals surface area contributed by atoms with Crippen LogP contribution in [0.2, 0.25) is 0 Å². The minimum atomic E-state index is -0.525. The van der Waals surface area contributed by atoms with Gasteiger partial charge in [-0.25, -0.2) is 0 Å². The number of para-hydroxylation sites is 1. The first-order valence-electron chi connectivity index (χ1n) is 6.59. The molecule has 3 aromatic rings. The zero-order chi connectivity index (χ0) is 15.0. The Morgan fingerprint density at radius 3 is 2.67 bits per heavy atom. The summed E-state index contributed by atoms with van der Waals surface area (Å²) < 4.78 is 2.10. The fourth-order valence-electron chi connectivity index (χ4n) is 2.66. The standard InChI is InChI=1S/C17H15N3O/c1-3-12-13-6-4-5-7-15(13)20(2)16(12)11-8-9-14(17(18)21)19-10-11/h3-10H,1H2,2H3,(H2,18,21). The van der Waals surface area contributed by atoms with E-state index in [9.17, 15) is 4.79 Å². The second kappa shape index (κ2) is 4.90. The van der Waals surface area contributed by atoms with E-state index in [0.29, 0.717) is 0 Å². The highest BCUT2D eigenvalue weighted by atomic mass is 16.1. The van der Waals surface area contributed by atoms with Gasteiger partial charge in [0.25, 0.3) is 5.91 Å². The number of pyridine rings is 1. The predicted molar refractivity (Wildman–Crippen MR) is 84.8 cm³/mol. The number of carbonyl (C=O) groups is 1. The molecule has 0 bridgehead atoms. The molecule has 4 nitrogen and oxygen atoms in total. The molecule has 1 amide bonds. The topological polar surface area (TPSA) is 60.9 Å². The predicted octanol–water partition coefficient (Wildman–Crippen LogP) is 2.98. The molecule has 0 aliphatic heterocycles. The van der Waals surface area contributed by atoms with Gasteiger partial charge >= 0.3 is 0 Å². The van der Waals surface area contributed by atoms with Gasteiger partial charge in [0.15, 0.2) is 0 Å². The Morgan fingerprint density at radius 2 is 2.05 bits per heavy atom. The van der Waals surface area contributed by atoms with Crippen LogP contribution in [0.3, 0.4) is 0 Å². The van der Waals surface area contributed by atoms with Crippen molar-refractivity contribution in [3.63, 3.8) is 0 Å². The van der Waals surface area contributed by atoms with E-state index in [-0.39, 0.29) is 5.69 Å². The Labute approximate surface area is 122 Å². The lowest BCUT2D eigenvalue weighted by molar-refractivity contribution is 0.0995. The number of primary amides is 1. The van der Waals surface area contributed by atoms with Gasteiger partial charge in [-0.15, -0.1) is 0 Å². The summed E-state index contributed by atoms with van der Waals surface area (Å²) in [6.45, 7) is 3.92. The number of aromatic nitrogens is 2. The zero-order valence-corrected chi connectivity index (χ0v) is 11.7. The maximum atomic E-state index is 11.1. The smallest absolute Gasteiger partial charge is 0.267 e. The number of nitrogens with two attached hydrogens (primary N) is 1. The summed E-state index contributed by atoms with van der Waals surface area (Å²) in [5.74, 6) is -0.525. The minimum absolute atomic E-state index is 0.262. The van der Waals surface area contributed by atoms with Crippen molar-refractivity contribution in [2.24, 2.45) is 12.8 Å². The van der Waals surface area contributed by atoms with Gasteiger partial charge in [-0.2, -0.15) is 0 Å². The molecule has 0 aliphatic rings. The van der Waals surface area contributed by atoms with Crippen LogP contribution >= 0.6 is 0 Å². The van der Waals surface area contributed by atoms with Crippen molar-refractivity contribution in [3.05, 3.63) is 60.4 Å². The van der Waals surface area contributed by atoms with Crippen molar-refractivity contribution in [3.8, 4) is 11.3 Å². The Hall–Kier alpha value is -2.88. The van der Waals surface area contributed by atoms with E-state index in [4.69, 9.17) is 5.73 Å². The quantitative estimate of drug-likeness (QED) is 0.800. The van der Waals surface area contributed by atoms with E-state index in [1.807, 2.05) is 31.3 Å². The maximum Gasteiger partial charge on any atom is 0.267 e. The average molecular weight is 277 g/mol. The van der Waals surface area contributed by atoms with Crippen molar-refractivity contribution in [2.75, 3.05) is 0 Å². The number of hydrogen-bond acceptors (Lipinski definition) is 2. The molecule has 0 unspecified atom stereocenters. The van der Waals surface area contributed by atoms with Crippen LogP contribution in [0, 0.1) is 0 Å². The lowest BCUT2D eigenvalue weighted by Gasteiger charge is -2.06. The number of amides is 1. The average Bonchev–Trinajstić information content (AvgIpc) is 2.80. The van der Waals surface area contributed by atoms with E-state index in [2.05, 4.69) is 28.3 Å². The minimum Gasteiger partial charge on any atom is -0.364 e. The molecule has 2 heterocycles. The van der Waals surface area contributed by atoms with E-state index in [0.717, 1.165) is 27.7 Å². The third-order valence-corrected chi connectivity index (χ3v) is 3.64. The largest absolute Gasteiger partial charge is 0.364 e. The number of carbonyl (C=O) groups excluding carboxylic acids is 1. The number of aryl methyl sites for hydroxylation is 1. The van der Waals surface area contributed by atoms with Crippen molar-refractivity contribution in [1.82, 2.24) is 9.55 Å². The molecule has 0 fully saturated rings. The zero-order valence-electron chi connectivity index (χ0n) is 11.7. The molecule has 0 saturated carbocycles. The number of nitrogens with zero attached hydrogens (tertiary/aromatic N) is 2. The fraction of sp³-hybridized carbons (Fsp3) is 0.0588. The van der Waals surface area contributed by atoms with Gasteiger partial charge in [0.1, 0.15) is 5.69 Å². The van der Waals surface area contributed by atoms with Crippen molar-refractivity contribution >= 4 is 22.9 Å². The number of hydrogen-bond donors (Lipinski definition) is 1. The lowest BCUT2D eigenvalue weighted by atomic mass is 10.1. The van der Waals surface area contributed by atoms with Gasteiger partial charge in [0.05, 0.1) is 5.69 Å². The molecule has 0 radical (unpaired) electrons. The summed E-state index contributed by atoms with van der Waals surface area (Å²) in [7, 11) is 2.01. The molecule has 4 heteroatoms. The normalized spacial score (nSPS) is 10.7. The van der Waals surface area contributed by atoms with Crippen molar-refractivity contribution in [2.45, 2.75) is 0 Å². The number of benzene rings is 1. The summed E-state index contributed by atoms with van der Waals surface area (Å²) in [6, 6.07) is 11.6. The Bertz CT molecular complexity index is 844. The van der Waals surface area contributed by atoms with Gasteiger partial charge in [-0.1, -0.05) is 30.9 Å². The van der Waals surface area contributed by atoms with E-state index in [1.54, 1.807) is 12.3 Å². The molecule has 2 aromatic heterocycles. The van der Waals surface area contributed by atoms with Gasteiger partial charge in [-0.3, -0.25) is 9.78 Å². The van der Waals surface area contributed by atoms with Crippen LogP contribution in [-0.2, 0) is 7.05 Å². The lowest BCUT2D eigenvalue weighted by Crippen LogP contribution is -2.12. The molecule has 2 N–H and O–H groups in total. The fourth-order valence-corrected chi connectivity index (χ4v) is 2.66. The third kappa shape index (κ3) is 2.01. The van der Waals surface area contributed by atoms with Crippen LogP contribution in [0.15, 0.2) is 49.2 Å². The van der Waals surface area contributed by atoms with Crippen LogP contribution in [0.25, 0.3) is 28.2 Å². The molecule has 0 aliphatic carbocycles. The highest BCUT2D eigenvalue weighted by molar-refractivity contribution is 5.97. The SMILES string of the molecule is C=Cc1c(-c2ccc(C(N)=O)nc2)n(C)c2ccccc12. The molecular formula is C17H15N3O. The maximum absolute atomic E-state index is 11.1. The van der Waals surface area contributed by atoms with E-state index >= 15 is 0 Å². The third-order valence-electron chi connectivity index (χ3n) is 3.64. The Kier molecular flexibility index (Phi) is 3.06. The number of rotatable bonds is 3. The summed E-state index contributed by atoms with van der Waals surface area (Å²) >= 11 is 0. The van der Waals surface area contributed by atoms with Crippen molar-refractivity contribution in [1.29, 1.82) is 0 Å². The summed E-state index contributed by atoms with van der Waals surface area (Å²) in [6.07, 6.45) is 3.51. The van der Waals surface area contributed by atoms with Gasteiger partial charge in [0.2, 0.25) is 0 Å². The molecule has 3 rings (SSSR count). The molecular weight excluding hydrogens is 262 g/mol. The Morgan fingerprint density at radius 1 is 1.29 bits per heavy atom. The van der Waals surface area contributed by atoms with Gasteiger partial charge in [0, 0.05) is 35.3 Å². The van der Waals surface area contributed by atoms with Crippen LogP contribution in [0.5, 0.6) is 0 Å². The first-order chi connectivity index (χ1) is 10.1. The van der Waals surface area contributed by atoms with Gasteiger partial charge in [-0.05, 0) is 18.2 Å². The first-order valence-corrected chi connectivity index (χ1v) is 6.59. The second-order valence-electron chi connectivity index (χ2n) is 4.84. The van der Waals surface area contributed by atoms with Crippen LogP contribution in [-0.4, -0.2) is 15.5 Å². The molecule has 0 atom stereocenters. The van der Waals surface area contributed by atoms with Crippen molar-refractivity contribution < 1.29 is 4.79 Å². The highest BCUT2D eigenvalue weighted by Gasteiger charge is 2.14. The molecule has 0 saturated heterocycles. The Balaban J connectivity index is 2.26. The second-order valence-corrected chi connectivity index (χ2v) is 4.84. The van der Waals surface area contributed by atoms with Crippen LogP contribution in [0.1, 0.15) is 16.1 Å². The molecule has 0 spiro atoms. The van der Waals surface area contributed by atoms with Gasteiger partial charge < -0.3 is 10.3 Å². The summed E-state index contributed by atoms with van der Waals surface area (Å²) in [5, 5.41) is 1.14. The van der Waals surface area contributed by atoms with Crippen LogP contribution < -0.4 is 5.73 Å². The molecule has 1 aromatic carbocycles. The summed E-state index contributed by atoms with van der Waals surface area (Å²) in [4.78, 5) is 15.2. The first kappa shape index (κ1) is 13.1. The van der Waals surface area contributed by atoms with E-state index in [1.165, 1.54) is 0 Å². The van der Waals surface area contributed by atoms with Crippen LogP contribution in [0.4, 0.5) is 0 Å². The number of fused-ring (bicyclic) bond motifs is 1. The highest BCUT2D eigenvalue weighted by Crippen LogP contribution is 2.33. The summed E-state index contributed by atoms with van der Waals surface area (Å²) in [5.41, 5.74) is 9.62. The molecule has 104 valence electrons. The monoisotopic (exact) mass is 277 g/mol. The molecule has 21 heavy (non-hydrogen) atoms. The van der Waals surface area contributed by atoms with E-state index < -0.39 is 5.91 Å².